The first kappa shape index (κ1) is 14.0. The van der Waals surface area contributed by atoms with Crippen LogP contribution in [-0.4, -0.2) is 37.0 Å². The molecule has 100 valence electrons. The Morgan fingerprint density at radius 1 is 1.39 bits per heavy atom. The third kappa shape index (κ3) is 2.35. The lowest BCUT2D eigenvalue weighted by atomic mass is 10.3. The normalized spacial score (nSPS) is 21.4. The number of halogens is 3. The van der Waals surface area contributed by atoms with Crippen LogP contribution in [0.1, 0.15) is 6.42 Å². The molecule has 1 fully saturated rings. The molecule has 4 nitrogen and oxygen atoms in total. The lowest BCUT2D eigenvalue weighted by Crippen LogP contribution is -2.30. The quantitative estimate of drug-likeness (QED) is 0.848. The predicted octanol–water partition coefficient (Wildman–Crippen LogP) is 1.89. The van der Waals surface area contributed by atoms with Crippen LogP contribution in [0.4, 0.5) is 4.39 Å². The van der Waals surface area contributed by atoms with Crippen molar-refractivity contribution in [1.82, 2.24) is 4.31 Å². The molecule has 0 unspecified atom stereocenters. The van der Waals surface area contributed by atoms with Crippen LogP contribution >= 0.6 is 23.2 Å². The number of benzene rings is 1. The fourth-order valence-electron chi connectivity index (χ4n) is 1.78. The first-order valence-electron chi connectivity index (χ1n) is 5.15. The van der Waals surface area contributed by atoms with Gasteiger partial charge < -0.3 is 5.11 Å². The van der Waals surface area contributed by atoms with Gasteiger partial charge in [-0.2, -0.15) is 4.31 Å². The van der Waals surface area contributed by atoms with Crippen molar-refractivity contribution in [2.75, 3.05) is 13.1 Å². The van der Waals surface area contributed by atoms with Crippen molar-refractivity contribution in [2.24, 2.45) is 0 Å². The highest BCUT2D eigenvalue weighted by Crippen LogP contribution is 2.32. The van der Waals surface area contributed by atoms with E-state index in [1.165, 1.54) is 0 Å². The molecule has 1 aromatic carbocycles. The van der Waals surface area contributed by atoms with Crippen LogP contribution in [0.2, 0.25) is 10.0 Å². The summed E-state index contributed by atoms with van der Waals surface area (Å²) in [5, 5.41) is 8.58. The molecule has 1 saturated heterocycles. The molecule has 2 rings (SSSR count). The Kier molecular flexibility index (Phi) is 3.85. The van der Waals surface area contributed by atoms with Crippen molar-refractivity contribution in [1.29, 1.82) is 0 Å². The molecule has 0 spiro atoms. The summed E-state index contributed by atoms with van der Waals surface area (Å²) in [6, 6.07) is 2.30. The van der Waals surface area contributed by atoms with Crippen LogP contribution in [0.5, 0.6) is 0 Å². The van der Waals surface area contributed by atoms with Gasteiger partial charge in [-0.15, -0.1) is 0 Å². The third-order valence-corrected chi connectivity index (χ3v) is 5.42. The molecule has 1 N–H and O–H groups in total. The van der Waals surface area contributed by atoms with E-state index in [4.69, 9.17) is 23.2 Å². The predicted molar refractivity (Wildman–Crippen MR) is 65.8 cm³/mol. The first-order chi connectivity index (χ1) is 8.34. The number of aliphatic hydroxyl groups excluding tert-OH is 1. The van der Waals surface area contributed by atoms with Crippen molar-refractivity contribution in [3.63, 3.8) is 0 Å². The van der Waals surface area contributed by atoms with E-state index in [9.17, 15) is 17.9 Å². The van der Waals surface area contributed by atoms with Crippen LogP contribution < -0.4 is 0 Å². The number of β-amino-alcohol motifs (C(OH)–C–C–N with tert-alkyl or cyclic N) is 1. The SMILES string of the molecule is O=S(=O)(c1ccc(Cl)c(F)c1Cl)N1CC[C@H](O)C1. The Balaban J connectivity index is 2.45. The number of nitrogens with zero attached hydrogens (tertiary/aromatic N) is 1. The maximum Gasteiger partial charge on any atom is 0.244 e. The minimum absolute atomic E-state index is 0.0110. The number of rotatable bonds is 2. The highest BCUT2D eigenvalue weighted by Gasteiger charge is 2.33. The number of aliphatic hydroxyl groups is 1. The van der Waals surface area contributed by atoms with Crippen LogP contribution in [0, 0.1) is 5.82 Å². The van der Waals surface area contributed by atoms with Gasteiger partial charge in [0.15, 0.2) is 5.82 Å². The maximum absolute atomic E-state index is 13.5. The van der Waals surface area contributed by atoms with Crippen LogP contribution in [-0.2, 0) is 10.0 Å². The van der Waals surface area contributed by atoms with Gasteiger partial charge in [0.25, 0.3) is 0 Å². The number of sulfonamides is 1. The molecule has 0 radical (unpaired) electrons. The third-order valence-electron chi connectivity index (χ3n) is 2.74. The summed E-state index contributed by atoms with van der Waals surface area (Å²) in [6.45, 7) is 0.174. The van der Waals surface area contributed by atoms with Gasteiger partial charge >= 0.3 is 0 Å². The topological polar surface area (TPSA) is 57.6 Å². The standard InChI is InChI=1S/C10H10Cl2FNO3S/c11-7-1-2-8(9(12)10(7)13)18(16,17)14-4-3-6(15)5-14/h1-2,6,15H,3-5H2/t6-/m0/s1. The summed E-state index contributed by atoms with van der Waals surface area (Å²) in [7, 11) is -3.90. The smallest absolute Gasteiger partial charge is 0.244 e. The van der Waals surface area contributed by atoms with Gasteiger partial charge in [0.1, 0.15) is 4.90 Å². The molecule has 1 aliphatic heterocycles. The Labute approximate surface area is 114 Å². The molecule has 0 saturated carbocycles. The monoisotopic (exact) mass is 313 g/mol. The van der Waals surface area contributed by atoms with Crippen LogP contribution in [0.25, 0.3) is 0 Å². The van der Waals surface area contributed by atoms with Crippen LogP contribution in [0.15, 0.2) is 17.0 Å². The van der Waals surface area contributed by atoms with E-state index in [2.05, 4.69) is 0 Å². The van der Waals surface area contributed by atoms with E-state index in [0.717, 1.165) is 16.4 Å². The summed E-state index contributed by atoms with van der Waals surface area (Å²) >= 11 is 11.2. The summed E-state index contributed by atoms with van der Waals surface area (Å²) in [4.78, 5) is -0.333. The van der Waals surface area contributed by atoms with Gasteiger partial charge in [-0.1, -0.05) is 23.2 Å². The Hall–Kier alpha value is -0.400. The van der Waals surface area contributed by atoms with Gasteiger partial charge in [-0.25, -0.2) is 12.8 Å². The van der Waals surface area contributed by atoms with Crippen molar-refractivity contribution < 1.29 is 17.9 Å². The lowest BCUT2D eigenvalue weighted by molar-refractivity contribution is 0.189. The number of hydrogen-bond acceptors (Lipinski definition) is 3. The molecule has 1 heterocycles. The fourth-order valence-corrected chi connectivity index (χ4v) is 3.99. The van der Waals surface area contributed by atoms with Gasteiger partial charge in [0.2, 0.25) is 10.0 Å². The second-order valence-electron chi connectivity index (χ2n) is 3.98. The van der Waals surface area contributed by atoms with Gasteiger partial charge in [-0.05, 0) is 18.6 Å². The summed E-state index contributed by atoms with van der Waals surface area (Å²) < 4.78 is 38.9. The summed E-state index contributed by atoms with van der Waals surface area (Å²) in [5.41, 5.74) is 0. The molecule has 0 aliphatic carbocycles. The number of hydrogen-bond donors (Lipinski definition) is 1. The largest absolute Gasteiger partial charge is 0.392 e. The summed E-state index contributed by atoms with van der Waals surface area (Å²) in [6.07, 6.45) is -0.344. The minimum atomic E-state index is -3.90. The van der Waals surface area contributed by atoms with Gasteiger partial charge in [0, 0.05) is 13.1 Å². The molecular weight excluding hydrogens is 304 g/mol. The first-order valence-corrected chi connectivity index (χ1v) is 7.35. The molecule has 1 atom stereocenters. The Morgan fingerprint density at radius 2 is 2.06 bits per heavy atom. The molecule has 0 aromatic heterocycles. The van der Waals surface area contributed by atoms with E-state index in [0.29, 0.717) is 6.42 Å². The minimum Gasteiger partial charge on any atom is -0.392 e. The van der Waals surface area contributed by atoms with Crippen molar-refractivity contribution >= 4 is 33.2 Å². The zero-order chi connectivity index (χ0) is 13.5. The van der Waals surface area contributed by atoms with E-state index in [1.54, 1.807) is 0 Å². The van der Waals surface area contributed by atoms with Gasteiger partial charge in [-0.3, -0.25) is 0 Å². The second kappa shape index (κ2) is 4.94. The molecular formula is C10H10Cl2FNO3S. The summed E-state index contributed by atoms with van der Waals surface area (Å²) in [5.74, 6) is -0.959. The van der Waals surface area contributed by atoms with Crippen LogP contribution in [0.3, 0.4) is 0 Å². The van der Waals surface area contributed by atoms with E-state index in [1.807, 2.05) is 0 Å². The molecule has 0 amide bonds. The lowest BCUT2D eigenvalue weighted by Gasteiger charge is -2.17. The molecule has 1 aromatic rings. The van der Waals surface area contributed by atoms with E-state index >= 15 is 0 Å². The average Bonchev–Trinajstić information content (AvgIpc) is 2.73. The molecule has 0 bridgehead atoms. The van der Waals surface area contributed by atoms with Crippen molar-refractivity contribution in [2.45, 2.75) is 17.4 Å². The molecule has 8 heteroatoms. The highest BCUT2D eigenvalue weighted by atomic mass is 35.5. The van der Waals surface area contributed by atoms with E-state index in [-0.39, 0.29) is 23.0 Å². The Morgan fingerprint density at radius 3 is 2.61 bits per heavy atom. The molecule has 18 heavy (non-hydrogen) atoms. The fraction of sp³-hybridized carbons (Fsp3) is 0.400. The highest BCUT2D eigenvalue weighted by molar-refractivity contribution is 7.89. The van der Waals surface area contributed by atoms with E-state index < -0.39 is 27.0 Å². The zero-order valence-electron chi connectivity index (χ0n) is 9.11. The Bertz CT molecular complexity index is 579. The van der Waals surface area contributed by atoms with Gasteiger partial charge in [0.05, 0.1) is 16.1 Å². The zero-order valence-corrected chi connectivity index (χ0v) is 11.4. The maximum atomic E-state index is 13.5. The van der Waals surface area contributed by atoms with Crippen molar-refractivity contribution in [3.8, 4) is 0 Å². The van der Waals surface area contributed by atoms with Crippen molar-refractivity contribution in [3.05, 3.63) is 28.0 Å². The average molecular weight is 314 g/mol. The molecule has 1 aliphatic rings. The second-order valence-corrected chi connectivity index (χ2v) is 6.67.